The molecule has 0 bridgehead atoms. The summed E-state index contributed by atoms with van der Waals surface area (Å²) in [5, 5.41) is 45.0. The molecule has 1 aliphatic carbocycles. The van der Waals surface area contributed by atoms with E-state index >= 15 is 0 Å². The number of rotatable bonds is 1. The van der Waals surface area contributed by atoms with Crippen LogP contribution in [0.25, 0.3) is 0 Å². The molecule has 0 aromatic heterocycles. The Morgan fingerprint density at radius 2 is 1.64 bits per heavy atom. The Bertz CT molecular complexity index is 216. The number of carbonyl (C=O) groups excluding carboxylic acids is 1. The molecule has 0 unspecified atom stereocenters. The highest BCUT2D eigenvalue weighted by Gasteiger charge is 2.49. The van der Waals surface area contributed by atoms with Gasteiger partial charge in [-0.2, -0.15) is 5.26 Å². The van der Waals surface area contributed by atoms with Crippen molar-refractivity contribution < 1.29 is 35.4 Å². The van der Waals surface area contributed by atoms with Gasteiger partial charge in [0.2, 0.25) is 0 Å². The lowest BCUT2D eigenvalue weighted by Gasteiger charge is -2.37. The number of aliphatic hydroxyl groups is 4. The fourth-order valence-electron chi connectivity index (χ4n) is 1.52. The van der Waals surface area contributed by atoms with E-state index in [2.05, 4.69) is 4.89 Å². The van der Waals surface area contributed by atoms with Crippen LogP contribution in [-0.2, 0) is 9.68 Å². The Kier molecular flexibility index (Phi) is 3.07. The molecule has 1 fully saturated rings. The van der Waals surface area contributed by atoms with Gasteiger partial charge < -0.3 is 20.4 Å². The molecular formula is C7H12O7. The van der Waals surface area contributed by atoms with Gasteiger partial charge in [0.25, 0.3) is 0 Å². The van der Waals surface area contributed by atoms with E-state index < -0.39 is 42.7 Å². The van der Waals surface area contributed by atoms with Gasteiger partial charge in [0.05, 0.1) is 12.2 Å². The molecule has 0 aromatic carbocycles. The third-order valence-corrected chi connectivity index (χ3v) is 2.34. The van der Waals surface area contributed by atoms with Crippen molar-refractivity contribution in [3.05, 3.63) is 0 Å². The van der Waals surface area contributed by atoms with Crippen LogP contribution in [0.2, 0.25) is 0 Å². The maximum absolute atomic E-state index is 10.9. The maximum atomic E-state index is 10.9. The Labute approximate surface area is 79.1 Å². The second kappa shape index (κ2) is 3.79. The summed E-state index contributed by atoms with van der Waals surface area (Å²) in [5.41, 5.74) is -2.16. The molecule has 0 aliphatic heterocycles. The zero-order valence-corrected chi connectivity index (χ0v) is 7.20. The van der Waals surface area contributed by atoms with Crippen LogP contribution in [0.4, 0.5) is 0 Å². The van der Waals surface area contributed by atoms with Crippen LogP contribution < -0.4 is 0 Å². The minimum absolute atomic E-state index is 0.495. The number of carbonyl (C=O) groups is 1. The lowest BCUT2D eigenvalue weighted by atomic mass is 9.80. The highest BCUT2D eigenvalue weighted by atomic mass is 17.1. The standard InChI is InChI=1S/C7H12O7/c8-3-1-7(12,6(11)14-13)2-4(9)5(3)10/h3-5,8-10,12-13H,1-2H2/t3-,4-,5?,7?/m1/s1. The average molecular weight is 208 g/mol. The summed E-state index contributed by atoms with van der Waals surface area (Å²) in [6.45, 7) is 0. The third-order valence-electron chi connectivity index (χ3n) is 2.34. The minimum atomic E-state index is -2.16. The smallest absolute Gasteiger partial charge is 0.373 e. The molecule has 1 rings (SSSR count). The highest BCUT2D eigenvalue weighted by Crippen LogP contribution is 2.30. The van der Waals surface area contributed by atoms with Crippen molar-refractivity contribution in [3.8, 4) is 0 Å². The van der Waals surface area contributed by atoms with E-state index in [1.165, 1.54) is 0 Å². The number of hydrogen-bond donors (Lipinski definition) is 5. The third kappa shape index (κ3) is 1.86. The first kappa shape index (κ1) is 11.3. The molecule has 0 saturated heterocycles. The van der Waals surface area contributed by atoms with Gasteiger partial charge in [0, 0.05) is 12.8 Å². The molecule has 5 N–H and O–H groups in total. The Morgan fingerprint density at radius 3 is 2.00 bits per heavy atom. The van der Waals surface area contributed by atoms with Crippen LogP contribution in [0.15, 0.2) is 0 Å². The molecule has 0 radical (unpaired) electrons. The Morgan fingerprint density at radius 1 is 1.21 bits per heavy atom. The molecule has 0 spiro atoms. The van der Waals surface area contributed by atoms with Gasteiger partial charge in [-0.1, -0.05) is 0 Å². The fraction of sp³-hybridized carbons (Fsp3) is 0.857. The Hall–Kier alpha value is -0.730. The van der Waals surface area contributed by atoms with E-state index in [4.69, 9.17) is 20.6 Å². The second-order valence-corrected chi connectivity index (χ2v) is 3.44. The maximum Gasteiger partial charge on any atom is 0.373 e. The van der Waals surface area contributed by atoms with Gasteiger partial charge >= 0.3 is 5.97 Å². The van der Waals surface area contributed by atoms with Crippen molar-refractivity contribution in [2.75, 3.05) is 0 Å². The van der Waals surface area contributed by atoms with E-state index in [0.717, 1.165) is 0 Å². The largest absolute Gasteiger partial charge is 0.390 e. The van der Waals surface area contributed by atoms with E-state index in [9.17, 15) is 9.90 Å². The van der Waals surface area contributed by atoms with E-state index in [1.54, 1.807) is 0 Å². The first-order valence-electron chi connectivity index (χ1n) is 4.03. The van der Waals surface area contributed by atoms with Crippen LogP contribution in [0.3, 0.4) is 0 Å². The van der Waals surface area contributed by atoms with Crippen LogP contribution in [0.1, 0.15) is 12.8 Å². The quantitative estimate of drug-likeness (QED) is 0.240. The van der Waals surface area contributed by atoms with Gasteiger partial charge in [0.15, 0.2) is 5.60 Å². The van der Waals surface area contributed by atoms with Crippen molar-refractivity contribution in [2.24, 2.45) is 0 Å². The van der Waals surface area contributed by atoms with E-state index in [0.29, 0.717) is 0 Å². The van der Waals surface area contributed by atoms with Gasteiger partial charge in [0.1, 0.15) is 6.10 Å². The van der Waals surface area contributed by atoms with Gasteiger partial charge in [-0.25, -0.2) is 4.79 Å². The van der Waals surface area contributed by atoms with Crippen molar-refractivity contribution in [1.29, 1.82) is 0 Å². The number of hydrogen-bond acceptors (Lipinski definition) is 7. The lowest BCUT2D eigenvalue weighted by molar-refractivity contribution is -0.261. The predicted octanol–water partition coefficient (Wildman–Crippen LogP) is -2.39. The molecule has 0 amide bonds. The fourth-order valence-corrected chi connectivity index (χ4v) is 1.52. The van der Waals surface area contributed by atoms with Crippen LogP contribution >= 0.6 is 0 Å². The molecule has 14 heavy (non-hydrogen) atoms. The summed E-state index contributed by atoms with van der Waals surface area (Å²) >= 11 is 0. The van der Waals surface area contributed by atoms with Crippen LogP contribution in [-0.4, -0.2) is 55.6 Å². The molecule has 0 aromatic rings. The molecule has 2 atom stereocenters. The topological polar surface area (TPSA) is 127 Å². The van der Waals surface area contributed by atoms with Crippen molar-refractivity contribution >= 4 is 5.97 Å². The second-order valence-electron chi connectivity index (χ2n) is 3.44. The van der Waals surface area contributed by atoms with Crippen molar-refractivity contribution in [3.63, 3.8) is 0 Å². The summed E-state index contributed by atoms with van der Waals surface area (Å²) in [5.74, 6) is -1.36. The monoisotopic (exact) mass is 208 g/mol. The summed E-state index contributed by atoms with van der Waals surface area (Å²) in [6.07, 6.45) is -5.29. The zero-order chi connectivity index (χ0) is 10.9. The SMILES string of the molecule is O=C(OO)C1(O)C[C@@H](O)C(O)[C@H](O)C1. The van der Waals surface area contributed by atoms with E-state index in [1.807, 2.05) is 0 Å². The van der Waals surface area contributed by atoms with Gasteiger partial charge in [-0.15, -0.1) is 0 Å². The Balaban J connectivity index is 2.78. The average Bonchev–Trinajstić information content (AvgIpc) is 2.12. The summed E-state index contributed by atoms with van der Waals surface area (Å²) < 4.78 is 0. The summed E-state index contributed by atoms with van der Waals surface area (Å²) in [6, 6.07) is 0. The minimum Gasteiger partial charge on any atom is -0.390 e. The molecule has 0 heterocycles. The molecule has 1 aliphatic rings. The summed E-state index contributed by atoms with van der Waals surface area (Å²) in [7, 11) is 0. The highest BCUT2D eigenvalue weighted by molar-refractivity contribution is 5.79. The van der Waals surface area contributed by atoms with Gasteiger partial charge in [-0.3, -0.25) is 4.89 Å². The zero-order valence-electron chi connectivity index (χ0n) is 7.20. The van der Waals surface area contributed by atoms with Crippen LogP contribution in [0.5, 0.6) is 0 Å². The molecule has 7 heteroatoms. The molecular weight excluding hydrogens is 196 g/mol. The number of aliphatic hydroxyl groups excluding tert-OH is 3. The van der Waals surface area contributed by atoms with Crippen molar-refractivity contribution in [2.45, 2.75) is 36.8 Å². The van der Waals surface area contributed by atoms with E-state index in [-0.39, 0.29) is 0 Å². The molecule has 82 valence electrons. The molecule has 7 nitrogen and oxygen atoms in total. The first-order chi connectivity index (χ1) is 6.40. The lowest BCUT2D eigenvalue weighted by Crippen LogP contribution is -2.56. The van der Waals surface area contributed by atoms with Gasteiger partial charge in [-0.05, 0) is 0 Å². The van der Waals surface area contributed by atoms with Crippen molar-refractivity contribution in [1.82, 2.24) is 0 Å². The normalized spacial score (nSPS) is 43.4. The van der Waals surface area contributed by atoms with Crippen LogP contribution in [0, 0.1) is 0 Å². The first-order valence-corrected chi connectivity index (χ1v) is 4.03. The predicted molar refractivity (Wildman–Crippen MR) is 40.9 cm³/mol. The molecule has 1 saturated carbocycles. The summed E-state index contributed by atoms with van der Waals surface area (Å²) in [4.78, 5) is 14.2.